The summed E-state index contributed by atoms with van der Waals surface area (Å²) in [4.78, 5) is 39.8. The molecule has 10 heteroatoms. The lowest BCUT2D eigenvalue weighted by atomic mass is 10.0. The maximum Gasteiger partial charge on any atom is 0.306 e. The molecule has 0 heterocycles. The minimum Gasteiger partial charge on any atom is -0.756 e. The van der Waals surface area contributed by atoms with Crippen LogP contribution in [0.2, 0.25) is 0 Å². The molecular formula is C58H103N2O7P. The predicted octanol–water partition coefficient (Wildman–Crippen LogP) is 15.6. The molecule has 0 aromatic heterocycles. The number of carbonyl (C=O) groups excluding carboxylic acids is 2. The first-order valence-electron chi connectivity index (χ1n) is 27.4. The SMILES string of the molecule is CC/C=C/C=C/C=C\CCCCCCCC(=O)OC(/C=C\CCCCCCCCCCCC)C(COP(=O)([O-])OCC[N+](C)(C)C)NC(=O)CCCCCC/C=C\C/C=C\C/C=C\CCCCC. The molecule has 0 fully saturated rings. The molecule has 0 aromatic carbocycles. The number of ether oxygens (including phenoxy) is 1. The zero-order chi connectivity index (χ0) is 50.1. The Labute approximate surface area is 418 Å². The third kappa shape index (κ3) is 48.2. The number of nitrogens with one attached hydrogen (secondary N) is 1. The minimum absolute atomic E-state index is 0.0343. The third-order valence-corrected chi connectivity index (χ3v) is 12.6. The van der Waals surface area contributed by atoms with Crippen LogP contribution in [-0.4, -0.2) is 69.4 Å². The molecule has 0 aliphatic heterocycles. The van der Waals surface area contributed by atoms with Crippen molar-refractivity contribution in [1.82, 2.24) is 5.32 Å². The van der Waals surface area contributed by atoms with Crippen molar-refractivity contribution in [1.29, 1.82) is 0 Å². The Hall–Kier alpha value is -2.81. The van der Waals surface area contributed by atoms with Crippen LogP contribution in [0.15, 0.2) is 85.1 Å². The summed E-state index contributed by atoms with van der Waals surface area (Å²) in [6, 6.07) is -0.911. The number of phosphoric ester groups is 1. The van der Waals surface area contributed by atoms with E-state index in [1.54, 1.807) is 0 Å². The van der Waals surface area contributed by atoms with E-state index in [1.165, 1.54) is 77.0 Å². The lowest BCUT2D eigenvalue weighted by molar-refractivity contribution is -0.870. The predicted molar refractivity (Wildman–Crippen MR) is 288 cm³/mol. The summed E-state index contributed by atoms with van der Waals surface area (Å²) in [5.41, 5.74) is 0. The molecule has 0 saturated carbocycles. The molecule has 0 radical (unpaired) electrons. The molecule has 0 rings (SSSR count). The molecule has 0 aliphatic rings. The van der Waals surface area contributed by atoms with Gasteiger partial charge in [-0.2, -0.15) is 0 Å². The van der Waals surface area contributed by atoms with Crippen molar-refractivity contribution in [2.24, 2.45) is 0 Å². The van der Waals surface area contributed by atoms with E-state index >= 15 is 0 Å². The van der Waals surface area contributed by atoms with E-state index in [2.05, 4.69) is 92.9 Å². The standard InChI is InChI=1S/C58H103N2O7P/c1-7-10-13-16-19-22-25-28-29-30-31-33-35-38-41-44-47-50-57(61)59-55(54-66-68(63,64)65-53-52-60(4,5)6)56(49-46-43-40-37-34-27-24-21-18-15-12-9-3)67-58(62)51-48-45-42-39-36-32-26-23-20-17-14-11-8-2/h11,14,17,19-20,22-23,26,28-29,31,33,46,49,55-56H,7-10,12-13,15-16,18,21,24-25,27,30,32,34-45,47-48,50-54H2,1-6H3,(H-,59,61,63,64)/b14-11+,20-17+,22-19-,26-23-,29-28-,33-31-,49-46-. The van der Waals surface area contributed by atoms with Crippen molar-refractivity contribution in [3.8, 4) is 0 Å². The van der Waals surface area contributed by atoms with Crippen LogP contribution in [0.25, 0.3) is 0 Å². The topological polar surface area (TPSA) is 114 Å². The number of phosphoric acid groups is 1. The number of carbonyl (C=O) groups is 2. The second-order valence-corrected chi connectivity index (χ2v) is 20.8. The molecular weight excluding hydrogens is 868 g/mol. The van der Waals surface area contributed by atoms with Gasteiger partial charge in [0, 0.05) is 12.8 Å². The Morgan fingerprint density at radius 2 is 1.00 bits per heavy atom. The third-order valence-electron chi connectivity index (χ3n) is 11.6. The quantitative estimate of drug-likeness (QED) is 0.0161. The highest BCUT2D eigenvalue weighted by Gasteiger charge is 2.27. The van der Waals surface area contributed by atoms with Crippen molar-refractivity contribution in [3.05, 3.63) is 85.1 Å². The normalized spacial score (nSPS) is 14.5. The van der Waals surface area contributed by atoms with Gasteiger partial charge in [0.25, 0.3) is 7.82 Å². The van der Waals surface area contributed by atoms with Crippen LogP contribution < -0.4 is 10.2 Å². The number of allylic oxidation sites excluding steroid dienone is 13. The second-order valence-electron chi connectivity index (χ2n) is 19.4. The highest BCUT2D eigenvalue weighted by atomic mass is 31.2. The number of esters is 1. The summed E-state index contributed by atoms with van der Waals surface area (Å²) in [6.07, 6.45) is 61.2. The van der Waals surface area contributed by atoms with Crippen LogP contribution in [0.3, 0.4) is 0 Å². The van der Waals surface area contributed by atoms with E-state index in [0.717, 1.165) is 96.3 Å². The minimum atomic E-state index is -4.71. The number of hydrogen-bond donors (Lipinski definition) is 1. The van der Waals surface area contributed by atoms with Gasteiger partial charge in [0.2, 0.25) is 5.91 Å². The first-order valence-corrected chi connectivity index (χ1v) is 28.9. The number of likely N-dealkylation sites (N-methyl/N-ethyl adjacent to an activating group) is 1. The summed E-state index contributed by atoms with van der Waals surface area (Å²) >= 11 is 0. The smallest absolute Gasteiger partial charge is 0.306 e. The highest BCUT2D eigenvalue weighted by Crippen LogP contribution is 2.38. The van der Waals surface area contributed by atoms with Crippen LogP contribution in [0.1, 0.15) is 220 Å². The van der Waals surface area contributed by atoms with Crippen LogP contribution in [0.5, 0.6) is 0 Å². The van der Waals surface area contributed by atoms with Crippen molar-refractivity contribution in [2.75, 3.05) is 40.9 Å². The zero-order valence-corrected chi connectivity index (χ0v) is 45.4. The average molecular weight is 971 g/mol. The Kier molecular flexibility index (Phi) is 45.9. The van der Waals surface area contributed by atoms with Gasteiger partial charge in [-0.05, 0) is 89.5 Å². The van der Waals surface area contributed by atoms with E-state index in [-0.39, 0.29) is 31.3 Å². The van der Waals surface area contributed by atoms with Crippen molar-refractivity contribution >= 4 is 19.7 Å². The maximum atomic E-state index is 13.5. The fourth-order valence-corrected chi connectivity index (χ4v) is 8.07. The molecule has 3 unspecified atom stereocenters. The van der Waals surface area contributed by atoms with Crippen molar-refractivity contribution in [2.45, 2.75) is 232 Å². The molecule has 1 amide bonds. The molecule has 0 aliphatic carbocycles. The van der Waals surface area contributed by atoms with Gasteiger partial charge in [-0.15, -0.1) is 0 Å². The van der Waals surface area contributed by atoms with E-state index in [4.69, 9.17) is 13.8 Å². The van der Waals surface area contributed by atoms with Gasteiger partial charge in [-0.3, -0.25) is 14.2 Å². The first-order chi connectivity index (χ1) is 32.9. The Morgan fingerprint density at radius 3 is 1.56 bits per heavy atom. The van der Waals surface area contributed by atoms with Gasteiger partial charge >= 0.3 is 5.97 Å². The largest absolute Gasteiger partial charge is 0.756 e. The molecule has 392 valence electrons. The molecule has 0 spiro atoms. The number of rotatable bonds is 48. The summed E-state index contributed by atoms with van der Waals surface area (Å²) in [6.45, 7) is 6.62. The maximum absolute atomic E-state index is 13.5. The molecule has 0 bridgehead atoms. The molecule has 68 heavy (non-hydrogen) atoms. The van der Waals surface area contributed by atoms with Gasteiger partial charge in [-0.1, -0.05) is 202 Å². The first kappa shape index (κ1) is 65.2. The van der Waals surface area contributed by atoms with Gasteiger partial charge in [0.15, 0.2) is 0 Å². The molecule has 3 atom stereocenters. The Balaban J connectivity index is 5.46. The van der Waals surface area contributed by atoms with Gasteiger partial charge in [-0.25, -0.2) is 0 Å². The van der Waals surface area contributed by atoms with E-state index in [1.807, 2.05) is 39.4 Å². The van der Waals surface area contributed by atoms with Gasteiger partial charge in [0.1, 0.15) is 19.3 Å². The van der Waals surface area contributed by atoms with Gasteiger partial charge < -0.3 is 28.5 Å². The van der Waals surface area contributed by atoms with Crippen LogP contribution in [0, 0.1) is 0 Å². The lowest BCUT2D eigenvalue weighted by Gasteiger charge is -2.30. The van der Waals surface area contributed by atoms with E-state index < -0.39 is 26.6 Å². The number of quaternary nitrogens is 1. The fourth-order valence-electron chi connectivity index (χ4n) is 7.35. The van der Waals surface area contributed by atoms with Crippen molar-refractivity contribution in [3.63, 3.8) is 0 Å². The molecule has 9 nitrogen and oxygen atoms in total. The van der Waals surface area contributed by atoms with Crippen LogP contribution in [0.4, 0.5) is 0 Å². The zero-order valence-electron chi connectivity index (χ0n) is 44.5. The summed E-state index contributed by atoms with van der Waals surface area (Å²) in [5, 5.41) is 3.00. The molecule has 0 saturated heterocycles. The summed E-state index contributed by atoms with van der Waals surface area (Å²) < 4.78 is 30.1. The summed E-state index contributed by atoms with van der Waals surface area (Å²) in [7, 11) is 1.14. The number of amides is 1. The van der Waals surface area contributed by atoms with Crippen LogP contribution >= 0.6 is 7.82 Å². The number of hydrogen-bond acceptors (Lipinski definition) is 7. The molecule has 0 aromatic rings. The van der Waals surface area contributed by atoms with Gasteiger partial charge in [0.05, 0.1) is 33.8 Å². The second kappa shape index (κ2) is 47.8. The Morgan fingerprint density at radius 1 is 0.544 bits per heavy atom. The lowest BCUT2D eigenvalue weighted by Crippen LogP contribution is -2.47. The van der Waals surface area contributed by atoms with E-state index in [9.17, 15) is 19.0 Å². The Bertz CT molecular complexity index is 1440. The van der Waals surface area contributed by atoms with Crippen LogP contribution in [-0.2, 0) is 27.9 Å². The monoisotopic (exact) mass is 971 g/mol. The summed E-state index contributed by atoms with van der Waals surface area (Å²) in [5.74, 6) is -0.597. The number of nitrogens with zero attached hydrogens (tertiary/aromatic N) is 1. The number of unbranched alkanes of at least 4 members (excludes halogenated alkanes) is 22. The fraction of sp³-hybridized carbons (Fsp3) is 0.724. The molecule has 1 N–H and O–H groups in total. The van der Waals surface area contributed by atoms with Crippen molar-refractivity contribution < 1.29 is 37.3 Å². The van der Waals surface area contributed by atoms with E-state index in [0.29, 0.717) is 23.9 Å². The average Bonchev–Trinajstić information content (AvgIpc) is 3.29. The highest BCUT2D eigenvalue weighted by molar-refractivity contribution is 7.45.